The summed E-state index contributed by atoms with van der Waals surface area (Å²) in [4.78, 5) is 11.0. The fraction of sp³-hybridized carbons (Fsp3) is 0.900. The van der Waals surface area contributed by atoms with E-state index in [2.05, 4.69) is 0 Å². The van der Waals surface area contributed by atoms with E-state index in [4.69, 9.17) is 10.8 Å². The molecule has 14 heavy (non-hydrogen) atoms. The van der Waals surface area contributed by atoms with Crippen molar-refractivity contribution in [3.8, 4) is 0 Å². The van der Waals surface area contributed by atoms with Crippen LogP contribution in [0.2, 0.25) is 0 Å². The molecular formula is C10H17NO3. The minimum absolute atomic E-state index is 0.214. The lowest BCUT2D eigenvalue weighted by atomic mass is 9.62. The third kappa shape index (κ3) is 1.53. The Hall–Kier alpha value is -0.610. The standard InChI is InChI=1S/C10H17NO3/c11-10(8(12)13)5-7-2-1-3-9(14,4-7)6-10/h7,14H,1-6,11H2,(H,12,13)/t7-,9-,10+/m1/s1. The molecule has 0 spiro atoms. The summed E-state index contributed by atoms with van der Waals surface area (Å²) in [6, 6.07) is 0. The van der Waals surface area contributed by atoms with Crippen LogP contribution < -0.4 is 5.73 Å². The van der Waals surface area contributed by atoms with Gasteiger partial charge in [-0.3, -0.25) is 4.79 Å². The number of carboxylic acids is 1. The zero-order valence-corrected chi connectivity index (χ0v) is 8.20. The van der Waals surface area contributed by atoms with Crippen LogP contribution in [-0.4, -0.2) is 27.3 Å². The summed E-state index contributed by atoms with van der Waals surface area (Å²) in [6.45, 7) is 0. The van der Waals surface area contributed by atoms with Crippen molar-refractivity contribution in [3.05, 3.63) is 0 Å². The summed E-state index contributed by atoms with van der Waals surface area (Å²) in [7, 11) is 0. The van der Waals surface area contributed by atoms with Crippen LogP contribution in [0.1, 0.15) is 38.5 Å². The third-order valence-electron chi connectivity index (χ3n) is 3.65. The van der Waals surface area contributed by atoms with Crippen molar-refractivity contribution < 1.29 is 15.0 Å². The van der Waals surface area contributed by atoms with Gasteiger partial charge in [0.05, 0.1) is 5.60 Å². The Kier molecular flexibility index (Phi) is 2.08. The van der Waals surface area contributed by atoms with Gasteiger partial charge in [-0.1, -0.05) is 12.8 Å². The predicted octanol–water partition coefficient (Wildman–Crippen LogP) is 0.484. The van der Waals surface area contributed by atoms with Gasteiger partial charge in [0.1, 0.15) is 5.54 Å². The van der Waals surface area contributed by atoms with Gasteiger partial charge in [0, 0.05) is 6.42 Å². The summed E-state index contributed by atoms with van der Waals surface area (Å²) in [5.74, 6) is -0.675. The minimum Gasteiger partial charge on any atom is -0.480 e. The number of aliphatic hydroxyl groups is 1. The quantitative estimate of drug-likeness (QED) is 0.573. The van der Waals surface area contributed by atoms with Gasteiger partial charge < -0.3 is 15.9 Å². The molecule has 0 saturated heterocycles. The maximum atomic E-state index is 11.0. The Balaban J connectivity index is 2.22. The summed E-state index contributed by atoms with van der Waals surface area (Å²) < 4.78 is 0. The molecule has 80 valence electrons. The highest BCUT2D eigenvalue weighted by molar-refractivity contribution is 5.78. The van der Waals surface area contributed by atoms with Crippen LogP contribution in [0, 0.1) is 5.92 Å². The second kappa shape index (κ2) is 2.94. The number of fused-ring (bicyclic) bond motifs is 2. The van der Waals surface area contributed by atoms with E-state index in [1.54, 1.807) is 0 Å². The molecule has 0 aromatic heterocycles. The van der Waals surface area contributed by atoms with E-state index in [0.717, 1.165) is 19.3 Å². The number of nitrogens with two attached hydrogens (primary N) is 1. The average Bonchev–Trinajstić information content (AvgIpc) is 2.00. The van der Waals surface area contributed by atoms with Crippen molar-refractivity contribution in [3.63, 3.8) is 0 Å². The van der Waals surface area contributed by atoms with Gasteiger partial charge in [-0.15, -0.1) is 0 Å². The summed E-state index contributed by atoms with van der Waals surface area (Å²) >= 11 is 0. The van der Waals surface area contributed by atoms with E-state index in [1.165, 1.54) is 0 Å². The second-order valence-corrected chi connectivity index (χ2v) is 5.03. The maximum absolute atomic E-state index is 11.0. The molecule has 2 aliphatic carbocycles. The van der Waals surface area contributed by atoms with Crippen LogP contribution >= 0.6 is 0 Å². The number of rotatable bonds is 1. The van der Waals surface area contributed by atoms with E-state index in [0.29, 0.717) is 18.8 Å². The van der Waals surface area contributed by atoms with E-state index in [9.17, 15) is 9.90 Å². The Labute approximate surface area is 83.1 Å². The summed E-state index contributed by atoms with van der Waals surface area (Å²) in [5, 5.41) is 19.2. The Bertz CT molecular complexity index is 268. The van der Waals surface area contributed by atoms with Gasteiger partial charge in [-0.05, 0) is 25.2 Å². The number of aliphatic carboxylic acids is 1. The molecular weight excluding hydrogens is 182 g/mol. The first-order valence-corrected chi connectivity index (χ1v) is 5.18. The van der Waals surface area contributed by atoms with E-state index in [-0.39, 0.29) is 6.42 Å². The number of carbonyl (C=O) groups is 1. The molecule has 2 rings (SSSR count). The van der Waals surface area contributed by atoms with Gasteiger partial charge in [-0.25, -0.2) is 0 Å². The molecule has 2 fully saturated rings. The molecule has 3 atom stereocenters. The highest BCUT2D eigenvalue weighted by Gasteiger charge is 2.51. The number of carboxylic acid groups (broad SMARTS) is 1. The highest BCUT2D eigenvalue weighted by Crippen LogP contribution is 2.46. The average molecular weight is 199 g/mol. The van der Waals surface area contributed by atoms with Crippen LogP contribution in [0.4, 0.5) is 0 Å². The molecule has 0 aliphatic heterocycles. The first-order chi connectivity index (χ1) is 6.44. The van der Waals surface area contributed by atoms with E-state index in [1.807, 2.05) is 0 Å². The van der Waals surface area contributed by atoms with Crippen LogP contribution in [0.5, 0.6) is 0 Å². The van der Waals surface area contributed by atoms with Gasteiger partial charge in [0.2, 0.25) is 0 Å². The van der Waals surface area contributed by atoms with Gasteiger partial charge in [0.25, 0.3) is 0 Å². The monoisotopic (exact) mass is 199 g/mol. The molecule has 0 unspecified atom stereocenters. The molecule has 4 heteroatoms. The maximum Gasteiger partial charge on any atom is 0.323 e. The number of hydrogen-bond acceptors (Lipinski definition) is 3. The fourth-order valence-electron chi connectivity index (χ4n) is 3.13. The van der Waals surface area contributed by atoms with E-state index < -0.39 is 17.1 Å². The Morgan fingerprint density at radius 1 is 1.43 bits per heavy atom. The smallest absolute Gasteiger partial charge is 0.323 e. The van der Waals surface area contributed by atoms with Crippen molar-refractivity contribution >= 4 is 5.97 Å². The zero-order valence-electron chi connectivity index (χ0n) is 8.20. The summed E-state index contributed by atoms with van der Waals surface area (Å²) in [6.07, 6.45) is 4.18. The van der Waals surface area contributed by atoms with Crippen molar-refractivity contribution in [2.75, 3.05) is 0 Å². The fourth-order valence-corrected chi connectivity index (χ4v) is 3.13. The second-order valence-electron chi connectivity index (χ2n) is 5.03. The minimum atomic E-state index is -1.20. The SMILES string of the molecule is N[C@@]1(C(=O)O)C[C@@H]2CCC[C@@](O)(C2)C1. The largest absolute Gasteiger partial charge is 0.480 e. The van der Waals surface area contributed by atoms with Crippen molar-refractivity contribution in [2.24, 2.45) is 11.7 Å². The van der Waals surface area contributed by atoms with Crippen molar-refractivity contribution in [2.45, 2.75) is 49.7 Å². The molecule has 0 heterocycles. The molecule has 0 aromatic carbocycles. The predicted molar refractivity (Wildman–Crippen MR) is 50.7 cm³/mol. The van der Waals surface area contributed by atoms with E-state index >= 15 is 0 Å². The van der Waals surface area contributed by atoms with Crippen molar-refractivity contribution in [1.29, 1.82) is 0 Å². The van der Waals surface area contributed by atoms with Crippen LogP contribution in [-0.2, 0) is 4.79 Å². The lowest BCUT2D eigenvalue weighted by Crippen LogP contribution is -2.59. The molecule has 2 bridgehead atoms. The molecule has 2 saturated carbocycles. The van der Waals surface area contributed by atoms with Gasteiger partial charge in [-0.2, -0.15) is 0 Å². The van der Waals surface area contributed by atoms with Crippen LogP contribution in [0.25, 0.3) is 0 Å². The molecule has 4 nitrogen and oxygen atoms in total. The molecule has 0 radical (unpaired) electrons. The van der Waals surface area contributed by atoms with Crippen molar-refractivity contribution in [1.82, 2.24) is 0 Å². The van der Waals surface area contributed by atoms with Gasteiger partial charge >= 0.3 is 5.97 Å². The first-order valence-electron chi connectivity index (χ1n) is 5.18. The summed E-state index contributed by atoms with van der Waals surface area (Å²) in [5.41, 5.74) is 3.81. The molecule has 0 aromatic rings. The Morgan fingerprint density at radius 3 is 2.71 bits per heavy atom. The first kappa shape index (κ1) is 9.93. The third-order valence-corrected chi connectivity index (χ3v) is 3.65. The molecule has 0 amide bonds. The Morgan fingerprint density at radius 2 is 2.14 bits per heavy atom. The number of hydrogen-bond donors (Lipinski definition) is 3. The zero-order chi connectivity index (χ0) is 10.4. The van der Waals surface area contributed by atoms with Gasteiger partial charge in [0.15, 0.2) is 0 Å². The normalized spacial score (nSPS) is 47.4. The lowest BCUT2D eigenvalue weighted by Gasteiger charge is -2.47. The van der Waals surface area contributed by atoms with Crippen LogP contribution in [0.15, 0.2) is 0 Å². The van der Waals surface area contributed by atoms with Crippen LogP contribution in [0.3, 0.4) is 0 Å². The lowest BCUT2D eigenvalue weighted by molar-refractivity contribution is -0.154. The topological polar surface area (TPSA) is 83.6 Å². The molecule has 2 aliphatic rings. The molecule has 4 N–H and O–H groups in total. The highest BCUT2D eigenvalue weighted by atomic mass is 16.4.